The summed E-state index contributed by atoms with van der Waals surface area (Å²) in [5.41, 5.74) is 1.63. The van der Waals surface area contributed by atoms with Gasteiger partial charge in [-0.05, 0) is 36.8 Å². The van der Waals surface area contributed by atoms with Crippen LogP contribution in [0, 0.1) is 0 Å². The van der Waals surface area contributed by atoms with Crippen LogP contribution in [0.15, 0.2) is 72.8 Å². The van der Waals surface area contributed by atoms with Gasteiger partial charge in [0.15, 0.2) is 0 Å². The Morgan fingerprint density at radius 3 is 2.25 bits per heavy atom. The number of hydrogen-bond acceptors (Lipinski definition) is 6. The maximum atomic E-state index is 13.0. The van der Waals surface area contributed by atoms with Gasteiger partial charge in [0.25, 0.3) is 5.91 Å². The Labute approximate surface area is 211 Å². The molecule has 0 aromatic heterocycles. The third-order valence-electron chi connectivity index (χ3n) is 5.44. The molecule has 0 fully saturated rings. The summed E-state index contributed by atoms with van der Waals surface area (Å²) < 4.78 is 36.5. The second-order valence-electron chi connectivity index (χ2n) is 8.01. The second kappa shape index (κ2) is 11.6. The van der Waals surface area contributed by atoms with Crippen LogP contribution < -0.4 is 24.4 Å². The Hall–Kier alpha value is -4.05. The van der Waals surface area contributed by atoms with Gasteiger partial charge in [-0.15, -0.1) is 0 Å². The van der Waals surface area contributed by atoms with Gasteiger partial charge in [-0.25, -0.2) is 8.42 Å². The van der Waals surface area contributed by atoms with Gasteiger partial charge in [0, 0.05) is 6.07 Å². The molecule has 3 rings (SSSR count). The SMILES string of the molecule is COc1ccc(N(CC(=O)Nc2ccccc2C(=O)N[C@@H](C)c2ccccc2)S(C)(=O)=O)c(OC)c1. The van der Waals surface area contributed by atoms with Crippen LogP contribution in [0.1, 0.15) is 28.9 Å². The molecule has 0 bridgehead atoms. The molecule has 0 aliphatic heterocycles. The molecule has 190 valence electrons. The number of ether oxygens (including phenoxy) is 2. The molecule has 2 N–H and O–H groups in total. The molecule has 36 heavy (non-hydrogen) atoms. The van der Waals surface area contributed by atoms with Crippen LogP contribution in [0.3, 0.4) is 0 Å². The van der Waals surface area contributed by atoms with Gasteiger partial charge in [-0.3, -0.25) is 13.9 Å². The van der Waals surface area contributed by atoms with Gasteiger partial charge < -0.3 is 20.1 Å². The molecule has 0 spiro atoms. The zero-order valence-electron chi connectivity index (χ0n) is 20.5. The normalized spacial score (nSPS) is 11.8. The van der Waals surface area contributed by atoms with Gasteiger partial charge in [-0.1, -0.05) is 42.5 Å². The van der Waals surface area contributed by atoms with E-state index in [0.717, 1.165) is 16.1 Å². The van der Waals surface area contributed by atoms with Crippen molar-refractivity contribution in [3.8, 4) is 11.5 Å². The number of carbonyl (C=O) groups is 2. The van der Waals surface area contributed by atoms with Crippen LogP contribution in [0.2, 0.25) is 0 Å². The molecule has 2 amide bonds. The summed E-state index contributed by atoms with van der Waals surface area (Å²) >= 11 is 0. The highest BCUT2D eigenvalue weighted by Gasteiger charge is 2.25. The highest BCUT2D eigenvalue weighted by Crippen LogP contribution is 2.33. The molecule has 3 aromatic carbocycles. The lowest BCUT2D eigenvalue weighted by molar-refractivity contribution is -0.114. The Bertz CT molecular complexity index is 1330. The molecule has 9 nitrogen and oxygen atoms in total. The fourth-order valence-corrected chi connectivity index (χ4v) is 4.44. The lowest BCUT2D eigenvalue weighted by Crippen LogP contribution is -2.38. The molecule has 10 heteroatoms. The van der Waals surface area contributed by atoms with Gasteiger partial charge in [0.05, 0.1) is 43.5 Å². The highest BCUT2D eigenvalue weighted by molar-refractivity contribution is 7.92. The van der Waals surface area contributed by atoms with Crippen molar-refractivity contribution >= 4 is 33.2 Å². The predicted molar refractivity (Wildman–Crippen MR) is 139 cm³/mol. The Balaban J connectivity index is 1.81. The Morgan fingerprint density at radius 2 is 1.61 bits per heavy atom. The molecular weight excluding hydrogens is 482 g/mol. The lowest BCUT2D eigenvalue weighted by Gasteiger charge is -2.24. The zero-order valence-corrected chi connectivity index (χ0v) is 21.3. The third-order valence-corrected chi connectivity index (χ3v) is 6.56. The Morgan fingerprint density at radius 1 is 0.944 bits per heavy atom. The van der Waals surface area contributed by atoms with E-state index >= 15 is 0 Å². The molecule has 1 atom stereocenters. The average Bonchev–Trinajstić information content (AvgIpc) is 2.87. The van der Waals surface area contributed by atoms with Crippen LogP contribution in [-0.2, 0) is 14.8 Å². The van der Waals surface area contributed by atoms with Crippen molar-refractivity contribution < 1.29 is 27.5 Å². The van der Waals surface area contributed by atoms with E-state index in [1.165, 1.54) is 26.4 Å². The molecule has 3 aromatic rings. The molecule has 0 saturated carbocycles. The molecule has 0 unspecified atom stereocenters. The number of sulfonamides is 1. The number of rotatable bonds is 10. The fourth-order valence-electron chi connectivity index (χ4n) is 3.58. The summed E-state index contributed by atoms with van der Waals surface area (Å²) in [6.45, 7) is 1.33. The number of carbonyl (C=O) groups excluding carboxylic acids is 2. The maximum absolute atomic E-state index is 13.0. The first-order chi connectivity index (χ1) is 17.1. The minimum atomic E-state index is -3.86. The first kappa shape index (κ1) is 26.6. The molecule has 0 saturated heterocycles. The number of methoxy groups -OCH3 is 2. The number of nitrogens with zero attached hydrogens (tertiary/aromatic N) is 1. The monoisotopic (exact) mass is 511 g/mol. The lowest BCUT2D eigenvalue weighted by atomic mass is 10.1. The minimum Gasteiger partial charge on any atom is -0.497 e. The number of nitrogens with one attached hydrogen (secondary N) is 2. The molecule has 0 aliphatic rings. The van der Waals surface area contributed by atoms with Crippen LogP contribution in [0.5, 0.6) is 11.5 Å². The predicted octanol–water partition coefficient (Wildman–Crippen LogP) is 3.60. The van der Waals surface area contributed by atoms with Crippen LogP contribution in [-0.4, -0.2) is 47.3 Å². The number of hydrogen-bond donors (Lipinski definition) is 2. The Kier molecular flexibility index (Phi) is 8.55. The molecule has 0 heterocycles. The van der Waals surface area contributed by atoms with E-state index in [1.54, 1.807) is 30.3 Å². The van der Waals surface area contributed by atoms with E-state index in [1.807, 2.05) is 37.3 Å². The van der Waals surface area contributed by atoms with Gasteiger partial charge in [0.1, 0.15) is 18.0 Å². The average molecular weight is 512 g/mol. The quantitative estimate of drug-likeness (QED) is 0.430. The van der Waals surface area contributed by atoms with E-state index in [4.69, 9.17) is 9.47 Å². The largest absolute Gasteiger partial charge is 0.497 e. The van der Waals surface area contributed by atoms with Crippen molar-refractivity contribution in [2.45, 2.75) is 13.0 Å². The standard InChI is InChI=1S/C26H29N3O6S/c1-18(19-10-6-5-7-11-19)27-26(31)21-12-8-9-13-22(21)28-25(30)17-29(36(4,32)33)23-15-14-20(34-2)16-24(23)35-3/h5-16,18H,17H2,1-4H3,(H,27,31)(H,28,30)/t18-/m0/s1. The summed E-state index contributed by atoms with van der Waals surface area (Å²) in [6.07, 6.45) is 0.996. The first-order valence-electron chi connectivity index (χ1n) is 11.1. The number of amides is 2. The third kappa shape index (κ3) is 6.54. The van der Waals surface area contributed by atoms with Gasteiger partial charge >= 0.3 is 0 Å². The van der Waals surface area contributed by atoms with E-state index in [2.05, 4.69) is 10.6 Å². The van der Waals surface area contributed by atoms with Crippen molar-refractivity contribution in [3.63, 3.8) is 0 Å². The summed E-state index contributed by atoms with van der Waals surface area (Å²) in [6, 6.07) is 20.3. The van der Waals surface area contributed by atoms with Gasteiger partial charge in [0.2, 0.25) is 15.9 Å². The second-order valence-corrected chi connectivity index (χ2v) is 9.91. The number of anilines is 2. The molecule has 0 aliphatic carbocycles. The van der Waals surface area contributed by atoms with Crippen LogP contribution in [0.4, 0.5) is 11.4 Å². The van der Waals surface area contributed by atoms with Crippen LogP contribution in [0.25, 0.3) is 0 Å². The topological polar surface area (TPSA) is 114 Å². The highest BCUT2D eigenvalue weighted by atomic mass is 32.2. The molecule has 0 radical (unpaired) electrons. The summed E-state index contributed by atoms with van der Waals surface area (Å²) in [7, 11) is -0.989. The van der Waals surface area contributed by atoms with E-state index in [-0.39, 0.29) is 34.6 Å². The maximum Gasteiger partial charge on any atom is 0.253 e. The van der Waals surface area contributed by atoms with Crippen molar-refractivity contribution in [1.82, 2.24) is 5.32 Å². The van der Waals surface area contributed by atoms with Crippen molar-refractivity contribution in [1.29, 1.82) is 0 Å². The zero-order chi connectivity index (χ0) is 26.3. The first-order valence-corrected chi connectivity index (χ1v) is 12.9. The molecular formula is C26H29N3O6S. The number of benzene rings is 3. The number of para-hydroxylation sites is 1. The van der Waals surface area contributed by atoms with Crippen molar-refractivity contribution in [3.05, 3.63) is 83.9 Å². The fraction of sp³-hybridized carbons (Fsp3) is 0.231. The van der Waals surface area contributed by atoms with E-state index in [9.17, 15) is 18.0 Å². The minimum absolute atomic E-state index is 0.179. The van der Waals surface area contributed by atoms with Crippen LogP contribution >= 0.6 is 0 Å². The van der Waals surface area contributed by atoms with Crippen molar-refractivity contribution in [2.24, 2.45) is 0 Å². The summed E-state index contributed by atoms with van der Waals surface area (Å²) in [5, 5.41) is 5.58. The van der Waals surface area contributed by atoms with Gasteiger partial charge in [-0.2, -0.15) is 0 Å². The smallest absolute Gasteiger partial charge is 0.253 e. The van der Waals surface area contributed by atoms with E-state index < -0.39 is 22.5 Å². The van der Waals surface area contributed by atoms with E-state index in [0.29, 0.717) is 5.75 Å². The summed E-state index contributed by atoms with van der Waals surface area (Å²) in [4.78, 5) is 26.0. The summed E-state index contributed by atoms with van der Waals surface area (Å²) in [5.74, 6) is -0.311. The van der Waals surface area contributed by atoms with Crippen molar-refractivity contribution in [2.75, 3.05) is 36.6 Å².